The van der Waals surface area contributed by atoms with E-state index in [-0.39, 0.29) is 30.1 Å². The van der Waals surface area contributed by atoms with Crippen LogP contribution < -0.4 is 24.4 Å². The third-order valence-electron chi connectivity index (χ3n) is 5.25. The smallest absolute Gasteiger partial charge is 0.283 e. The maximum atomic E-state index is 13.3. The highest BCUT2D eigenvalue weighted by Gasteiger charge is 2.32. The molecule has 2 aliphatic rings. The predicted molar refractivity (Wildman–Crippen MR) is 136 cm³/mol. The molecular weight excluding hydrogens is 466 g/mol. The van der Waals surface area contributed by atoms with Crippen LogP contribution in [0.15, 0.2) is 83.5 Å². The maximum absolute atomic E-state index is 13.3. The fourth-order valence-electron chi connectivity index (χ4n) is 3.56. The molecule has 0 saturated heterocycles. The van der Waals surface area contributed by atoms with Gasteiger partial charge in [0.1, 0.15) is 11.4 Å². The number of ether oxygens (including phenoxy) is 3. The number of hydrogen-bond donors (Lipinski definition) is 1. The lowest BCUT2D eigenvalue weighted by Gasteiger charge is -2.17. The molecule has 3 aromatic carbocycles. The molecule has 0 bridgehead atoms. The first-order valence-electron chi connectivity index (χ1n) is 10.8. The molecule has 3 aromatic rings. The van der Waals surface area contributed by atoms with E-state index in [1.54, 1.807) is 49.6 Å². The quantitative estimate of drug-likeness (QED) is 0.514. The summed E-state index contributed by atoms with van der Waals surface area (Å²) in [7, 11) is 1.58. The van der Waals surface area contributed by atoms with Crippen LogP contribution in [0.5, 0.6) is 17.2 Å². The average molecular weight is 488 g/mol. The van der Waals surface area contributed by atoms with Crippen LogP contribution in [0, 0.1) is 0 Å². The summed E-state index contributed by atoms with van der Waals surface area (Å²) in [5, 5.41) is 3.27. The van der Waals surface area contributed by atoms with Gasteiger partial charge in [0.2, 0.25) is 12.7 Å². The summed E-state index contributed by atoms with van der Waals surface area (Å²) >= 11 is 1.19. The van der Waals surface area contributed by atoms with E-state index in [1.165, 1.54) is 16.7 Å². The van der Waals surface area contributed by atoms with Crippen LogP contribution >= 0.6 is 11.8 Å². The Morgan fingerprint density at radius 2 is 1.86 bits per heavy atom. The highest BCUT2D eigenvalue weighted by atomic mass is 32.2. The van der Waals surface area contributed by atoms with E-state index in [1.807, 2.05) is 36.4 Å². The molecule has 5 rings (SSSR count). The number of carbonyl (C=O) groups excluding carboxylic acids is 2. The van der Waals surface area contributed by atoms with Gasteiger partial charge in [0, 0.05) is 5.69 Å². The first-order chi connectivity index (χ1) is 17.1. The molecule has 0 unspecified atom stereocenters. The van der Waals surface area contributed by atoms with E-state index >= 15 is 0 Å². The number of fused-ring (bicyclic) bond motifs is 1. The second-order valence-electron chi connectivity index (χ2n) is 7.58. The second-order valence-corrected chi connectivity index (χ2v) is 8.52. The summed E-state index contributed by atoms with van der Waals surface area (Å²) < 4.78 is 15.9. The number of rotatable bonds is 6. The Kier molecular flexibility index (Phi) is 6.40. The molecule has 2 aliphatic heterocycles. The summed E-state index contributed by atoms with van der Waals surface area (Å²) in [4.78, 5) is 32.0. The van der Waals surface area contributed by atoms with Gasteiger partial charge in [0.25, 0.3) is 5.91 Å². The van der Waals surface area contributed by atoms with Crippen molar-refractivity contribution in [3.8, 4) is 17.2 Å². The zero-order valence-corrected chi connectivity index (χ0v) is 19.6. The van der Waals surface area contributed by atoms with Crippen molar-refractivity contribution in [2.75, 3.05) is 29.9 Å². The Morgan fingerprint density at radius 3 is 2.63 bits per heavy atom. The lowest BCUT2D eigenvalue weighted by atomic mass is 10.1. The molecule has 2 amide bonds. The van der Waals surface area contributed by atoms with E-state index in [0.29, 0.717) is 33.8 Å². The van der Waals surface area contributed by atoms with E-state index < -0.39 is 0 Å². The minimum atomic E-state index is -0.271. The maximum Gasteiger partial charge on any atom is 0.283 e. The molecule has 0 saturated carbocycles. The highest BCUT2D eigenvalue weighted by molar-refractivity contribution is 8.14. The van der Waals surface area contributed by atoms with Gasteiger partial charge in [-0.15, -0.1) is 0 Å². The van der Waals surface area contributed by atoms with Crippen LogP contribution in [-0.4, -0.2) is 36.6 Å². The number of thioether (sulfide) groups is 1. The number of para-hydroxylation sites is 1. The van der Waals surface area contributed by atoms with E-state index in [2.05, 4.69) is 10.3 Å². The number of hydrogen-bond acceptors (Lipinski definition) is 7. The van der Waals surface area contributed by atoms with Crippen LogP contribution in [0.1, 0.15) is 5.56 Å². The fourth-order valence-corrected chi connectivity index (χ4v) is 4.37. The van der Waals surface area contributed by atoms with Gasteiger partial charge >= 0.3 is 0 Å². The molecule has 0 aromatic heterocycles. The van der Waals surface area contributed by atoms with Gasteiger partial charge in [-0.3, -0.25) is 14.5 Å². The van der Waals surface area contributed by atoms with Gasteiger partial charge < -0.3 is 19.5 Å². The predicted octanol–water partition coefficient (Wildman–Crippen LogP) is 4.54. The zero-order valence-electron chi connectivity index (χ0n) is 18.8. The number of nitrogens with one attached hydrogen (secondary N) is 1. The topological polar surface area (TPSA) is 89.5 Å². The Labute approximate surface area is 206 Å². The first-order valence-corrected chi connectivity index (χ1v) is 11.8. The van der Waals surface area contributed by atoms with Crippen LogP contribution in [0.2, 0.25) is 0 Å². The number of aliphatic imine (C=N–C) groups is 1. The summed E-state index contributed by atoms with van der Waals surface area (Å²) in [6.07, 6.45) is 1.70. The number of anilines is 2. The molecule has 2 heterocycles. The molecule has 0 aliphatic carbocycles. The minimum Gasteiger partial charge on any atom is -0.497 e. The number of carbonyl (C=O) groups is 2. The number of benzene rings is 3. The van der Waals surface area contributed by atoms with E-state index in [4.69, 9.17) is 14.2 Å². The molecule has 0 spiro atoms. The Bertz CT molecular complexity index is 1320. The lowest BCUT2D eigenvalue weighted by molar-refractivity contribution is -0.114. The number of nitrogens with zero attached hydrogens (tertiary/aromatic N) is 2. The molecule has 1 N–H and O–H groups in total. The molecule has 176 valence electrons. The zero-order chi connectivity index (χ0) is 24.2. The van der Waals surface area contributed by atoms with Crippen molar-refractivity contribution in [2.45, 2.75) is 0 Å². The van der Waals surface area contributed by atoms with Crippen LogP contribution in [0.25, 0.3) is 6.08 Å². The molecule has 35 heavy (non-hydrogen) atoms. The summed E-state index contributed by atoms with van der Waals surface area (Å²) in [5.41, 5.74) is 2.36. The van der Waals surface area contributed by atoms with Crippen molar-refractivity contribution in [1.82, 2.24) is 0 Å². The lowest BCUT2D eigenvalue weighted by Crippen LogP contribution is -2.31. The molecule has 9 heteroatoms. The normalized spacial score (nSPS) is 15.3. The number of amides is 2. The third kappa shape index (κ3) is 4.99. The first kappa shape index (κ1) is 22.5. The highest BCUT2D eigenvalue weighted by Crippen LogP contribution is 2.34. The Hall–Kier alpha value is -4.24. The average Bonchev–Trinajstić information content (AvgIpc) is 3.47. The molecule has 0 radical (unpaired) electrons. The largest absolute Gasteiger partial charge is 0.497 e. The van der Waals surface area contributed by atoms with Gasteiger partial charge in [-0.2, -0.15) is 0 Å². The van der Waals surface area contributed by atoms with Gasteiger partial charge in [0.15, 0.2) is 16.7 Å². The standard InChI is InChI=1S/C26H21N3O5S/c1-32-20-10-8-18(9-11-20)27-24(30)15-35-26-28-21(25(31)29(26)19-5-3-2-4-6-19)13-17-7-12-22-23(14-17)34-16-33-22/h2-14H,15-16H2,1H3,(H,27,30)/b21-13-. The number of amidine groups is 1. The minimum absolute atomic E-state index is 0.0821. The number of methoxy groups -OCH3 is 1. The van der Waals surface area contributed by atoms with Gasteiger partial charge in [-0.25, -0.2) is 4.99 Å². The fraction of sp³-hybridized carbons (Fsp3) is 0.115. The SMILES string of the molecule is COc1ccc(NC(=O)CSC2=N/C(=C\c3ccc4c(c3)OCO4)C(=O)N2c2ccccc2)cc1. The molecular formula is C26H21N3O5S. The molecule has 0 atom stereocenters. The summed E-state index contributed by atoms with van der Waals surface area (Å²) in [6.45, 7) is 0.174. The van der Waals surface area contributed by atoms with Gasteiger partial charge in [-0.05, 0) is 60.2 Å². The summed E-state index contributed by atoms with van der Waals surface area (Å²) in [5.74, 6) is 1.59. The Balaban J connectivity index is 1.35. The second kappa shape index (κ2) is 9.94. The van der Waals surface area contributed by atoms with Crippen molar-refractivity contribution in [3.05, 3.63) is 84.1 Å². The molecule has 8 nitrogen and oxygen atoms in total. The van der Waals surface area contributed by atoms with Crippen molar-refractivity contribution in [3.63, 3.8) is 0 Å². The van der Waals surface area contributed by atoms with Crippen LogP contribution in [0.4, 0.5) is 11.4 Å². The van der Waals surface area contributed by atoms with Crippen molar-refractivity contribution in [2.24, 2.45) is 4.99 Å². The third-order valence-corrected chi connectivity index (χ3v) is 6.19. The van der Waals surface area contributed by atoms with Gasteiger partial charge in [-0.1, -0.05) is 36.0 Å². The van der Waals surface area contributed by atoms with Crippen molar-refractivity contribution in [1.29, 1.82) is 0 Å². The summed E-state index contributed by atoms with van der Waals surface area (Å²) in [6, 6.07) is 21.7. The van der Waals surface area contributed by atoms with Crippen molar-refractivity contribution >= 4 is 46.2 Å². The van der Waals surface area contributed by atoms with E-state index in [0.717, 1.165) is 5.56 Å². The Morgan fingerprint density at radius 1 is 1.09 bits per heavy atom. The van der Waals surface area contributed by atoms with Crippen LogP contribution in [-0.2, 0) is 9.59 Å². The van der Waals surface area contributed by atoms with E-state index in [9.17, 15) is 9.59 Å². The van der Waals surface area contributed by atoms with Gasteiger partial charge in [0.05, 0.1) is 18.6 Å². The molecule has 0 fully saturated rings. The monoisotopic (exact) mass is 487 g/mol. The van der Waals surface area contributed by atoms with Crippen LogP contribution in [0.3, 0.4) is 0 Å². The van der Waals surface area contributed by atoms with Crippen molar-refractivity contribution < 1.29 is 23.8 Å².